The first-order valence-corrected chi connectivity index (χ1v) is 9.73. The molecule has 3 rings (SSSR count). The van der Waals surface area contributed by atoms with Gasteiger partial charge in [-0.05, 0) is 37.6 Å². The molecule has 0 spiro atoms. The van der Waals surface area contributed by atoms with E-state index in [1.165, 1.54) is 22.2 Å². The molecule has 0 unspecified atom stereocenters. The topological polar surface area (TPSA) is 107 Å². The highest BCUT2D eigenvalue weighted by atomic mass is 79.9. The average molecular weight is 449 g/mol. The second-order valence-electron chi connectivity index (χ2n) is 6.05. The number of primary amides is 1. The van der Waals surface area contributed by atoms with Crippen LogP contribution in [0.1, 0.15) is 27.2 Å². The highest BCUT2D eigenvalue weighted by Gasteiger charge is 2.19. The van der Waals surface area contributed by atoms with Gasteiger partial charge in [0.2, 0.25) is 5.91 Å². The van der Waals surface area contributed by atoms with E-state index < -0.39 is 5.91 Å². The van der Waals surface area contributed by atoms with Gasteiger partial charge in [-0.25, -0.2) is 4.98 Å². The van der Waals surface area contributed by atoms with Gasteiger partial charge in [0.15, 0.2) is 0 Å². The molecule has 0 saturated heterocycles. The van der Waals surface area contributed by atoms with Crippen molar-refractivity contribution in [1.82, 2.24) is 9.55 Å². The standard InChI is InChI=1S/C18H17BrN4O3S/c1-9-10(2)27-17(15(9)16(20)25)22-14(24)5-6-23-8-21-13-4-3-11(19)7-12(13)18(23)26/h3-4,7-8H,5-6H2,1-2H3,(H2,20,25)(H,22,24). The Bertz CT molecular complexity index is 1120. The van der Waals surface area contributed by atoms with E-state index in [9.17, 15) is 14.4 Å². The molecule has 3 aromatic rings. The number of hydrogen-bond donors (Lipinski definition) is 2. The third-order valence-electron chi connectivity index (χ3n) is 4.25. The number of anilines is 1. The number of rotatable bonds is 5. The lowest BCUT2D eigenvalue weighted by atomic mass is 10.1. The zero-order valence-corrected chi connectivity index (χ0v) is 17.1. The van der Waals surface area contributed by atoms with Crippen molar-refractivity contribution in [3.05, 3.63) is 55.4 Å². The molecule has 140 valence electrons. The zero-order valence-electron chi connectivity index (χ0n) is 14.7. The second-order valence-corrected chi connectivity index (χ2v) is 8.19. The number of halogens is 1. The van der Waals surface area contributed by atoms with Crippen molar-refractivity contribution >= 4 is 55.0 Å². The molecule has 0 bridgehead atoms. The van der Waals surface area contributed by atoms with E-state index in [0.717, 1.165) is 14.9 Å². The van der Waals surface area contributed by atoms with Gasteiger partial charge in [0.1, 0.15) is 5.00 Å². The number of benzene rings is 1. The van der Waals surface area contributed by atoms with Crippen LogP contribution in [0.3, 0.4) is 0 Å². The van der Waals surface area contributed by atoms with E-state index in [4.69, 9.17) is 5.73 Å². The SMILES string of the molecule is Cc1sc(NC(=O)CCn2cnc3ccc(Br)cc3c2=O)c(C(N)=O)c1C. The first-order valence-electron chi connectivity index (χ1n) is 8.12. The molecule has 2 heterocycles. The van der Waals surface area contributed by atoms with Gasteiger partial charge >= 0.3 is 0 Å². The molecule has 0 aliphatic heterocycles. The van der Waals surface area contributed by atoms with E-state index in [1.807, 2.05) is 13.0 Å². The Balaban J connectivity index is 1.76. The minimum atomic E-state index is -0.576. The van der Waals surface area contributed by atoms with Crippen LogP contribution in [0.5, 0.6) is 0 Å². The van der Waals surface area contributed by atoms with Gasteiger partial charge in [-0.15, -0.1) is 11.3 Å². The quantitative estimate of drug-likeness (QED) is 0.625. The van der Waals surface area contributed by atoms with E-state index in [-0.39, 0.29) is 24.4 Å². The number of carbonyl (C=O) groups is 2. The van der Waals surface area contributed by atoms with Crippen molar-refractivity contribution < 1.29 is 9.59 Å². The van der Waals surface area contributed by atoms with Gasteiger partial charge in [-0.1, -0.05) is 15.9 Å². The Labute approximate surface area is 167 Å². The molecule has 27 heavy (non-hydrogen) atoms. The first-order chi connectivity index (χ1) is 12.8. The number of carbonyl (C=O) groups excluding carboxylic acids is 2. The summed E-state index contributed by atoms with van der Waals surface area (Å²) in [5.41, 5.74) is 6.90. The number of nitrogens with one attached hydrogen (secondary N) is 1. The van der Waals surface area contributed by atoms with Crippen molar-refractivity contribution in [1.29, 1.82) is 0 Å². The molecular formula is C18H17BrN4O3S. The van der Waals surface area contributed by atoms with Crippen LogP contribution in [0.25, 0.3) is 10.9 Å². The summed E-state index contributed by atoms with van der Waals surface area (Å²) in [7, 11) is 0. The minimum absolute atomic E-state index is 0.0648. The monoisotopic (exact) mass is 448 g/mol. The number of nitrogens with two attached hydrogens (primary N) is 1. The van der Waals surface area contributed by atoms with Crippen LogP contribution in [0.15, 0.2) is 33.8 Å². The third kappa shape index (κ3) is 3.93. The van der Waals surface area contributed by atoms with Crippen LogP contribution in [-0.2, 0) is 11.3 Å². The predicted octanol–water partition coefficient (Wildman–Crippen LogP) is 2.97. The Kier molecular flexibility index (Phi) is 5.43. The molecule has 7 nitrogen and oxygen atoms in total. The summed E-state index contributed by atoms with van der Waals surface area (Å²) < 4.78 is 2.18. The summed E-state index contributed by atoms with van der Waals surface area (Å²) in [6.07, 6.45) is 1.50. The molecule has 1 aromatic carbocycles. The molecule has 3 N–H and O–H groups in total. The van der Waals surface area contributed by atoms with Crippen molar-refractivity contribution in [2.24, 2.45) is 5.73 Å². The summed E-state index contributed by atoms with van der Waals surface area (Å²) in [6.45, 7) is 3.83. The normalized spacial score (nSPS) is 10.9. The Morgan fingerprint density at radius 3 is 2.78 bits per heavy atom. The van der Waals surface area contributed by atoms with Gasteiger partial charge in [0.05, 0.1) is 22.8 Å². The largest absolute Gasteiger partial charge is 0.365 e. The number of nitrogens with zero attached hydrogens (tertiary/aromatic N) is 2. The summed E-state index contributed by atoms with van der Waals surface area (Å²) in [5, 5.41) is 3.64. The Hall–Kier alpha value is -2.52. The molecule has 0 atom stereocenters. The van der Waals surface area contributed by atoms with Crippen LogP contribution in [0.2, 0.25) is 0 Å². The molecule has 0 fully saturated rings. The van der Waals surface area contributed by atoms with Gasteiger partial charge in [-0.2, -0.15) is 0 Å². The van der Waals surface area contributed by atoms with Crippen molar-refractivity contribution in [2.75, 3.05) is 5.32 Å². The van der Waals surface area contributed by atoms with Crippen LogP contribution in [0.4, 0.5) is 5.00 Å². The zero-order chi connectivity index (χ0) is 19.7. The number of aromatic nitrogens is 2. The fourth-order valence-electron chi connectivity index (χ4n) is 2.71. The van der Waals surface area contributed by atoms with Gasteiger partial charge in [0.25, 0.3) is 11.5 Å². The molecule has 9 heteroatoms. The van der Waals surface area contributed by atoms with Gasteiger partial charge in [-0.3, -0.25) is 19.0 Å². The lowest BCUT2D eigenvalue weighted by Crippen LogP contribution is -2.24. The number of fused-ring (bicyclic) bond motifs is 1. The smallest absolute Gasteiger partial charge is 0.261 e. The summed E-state index contributed by atoms with van der Waals surface area (Å²) in [5.74, 6) is -0.882. The lowest BCUT2D eigenvalue weighted by Gasteiger charge is -2.08. The molecule has 2 aromatic heterocycles. The molecule has 0 aliphatic carbocycles. The van der Waals surface area contributed by atoms with Crippen LogP contribution < -0.4 is 16.6 Å². The highest BCUT2D eigenvalue weighted by Crippen LogP contribution is 2.32. The Morgan fingerprint density at radius 1 is 1.33 bits per heavy atom. The fourth-order valence-corrected chi connectivity index (χ4v) is 4.16. The van der Waals surface area contributed by atoms with Crippen LogP contribution in [0, 0.1) is 13.8 Å². The number of aryl methyl sites for hydroxylation is 2. The maximum atomic E-state index is 12.6. The molecular weight excluding hydrogens is 432 g/mol. The number of thiophene rings is 1. The maximum Gasteiger partial charge on any atom is 0.261 e. The van der Waals surface area contributed by atoms with Crippen LogP contribution in [-0.4, -0.2) is 21.4 Å². The average Bonchev–Trinajstić information content (AvgIpc) is 2.88. The first kappa shape index (κ1) is 19.2. The van der Waals surface area contributed by atoms with E-state index >= 15 is 0 Å². The summed E-state index contributed by atoms with van der Waals surface area (Å²) in [6, 6.07) is 5.27. The third-order valence-corrected chi connectivity index (χ3v) is 5.87. The Morgan fingerprint density at radius 2 is 2.07 bits per heavy atom. The van der Waals surface area contributed by atoms with E-state index in [0.29, 0.717) is 21.5 Å². The van der Waals surface area contributed by atoms with Gasteiger partial charge in [0, 0.05) is 22.3 Å². The lowest BCUT2D eigenvalue weighted by molar-refractivity contribution is -0.116. The maximum absolute atomic E-state index is 12.6. The number of hydrogen-bond acceptors (Lipinski definition) is 5. The predicted molar refractivity (Wildman–Crippen MR) is 109 cm³/mol. The van der Waals surface area contributed by atoms with E-state index in [2.05, 4.69) is 26.2 Å². The molecule has 2 amide bonds. The highest BCUT2D eigenvalue weighted by molar-refractivity contribution is 9.10. The molecule has 0 saturated carbocycles. The van der Waals surface area contributed by atoms with E-state index in [1.54, 1.807) is 19.1 Å². The second kappa shape index (κ2) is 7.61. The van der Waals surface area contributed by atoms with Gasteiger partial charge < -0.3 is 11.1 Å². The van der Waals surface area contributed by atoms with Crippen molar-refractivity contribution in [3.63, 3.8) is 0 Å². The minimum Gasteiger partial charge on any atom is -0.365 e. The van der Waals surface area contributed by atoms with Crippen LogP contribution >= 0.6 is 27.3 Å². The summed E-state index contributed by atoms with van der Waals surface area (Å²) >= 11 is 4.65. The molecule has 0 radical (unpaired) electrons. The molecule has 0 aliphatic rings. The fraction of sp³-hybridized carbons (Fsp3) is 0.222. The van der Waals surface area contributed by atoms with Crippen molar-refractivity contribution in [3.8, 4) is 0 Å². The number of amides is 2. The van der Waals surface area contributed by atoms with Crippen molar-refractivity contribution in [2.45, 2.75) is 26.8 Å². The summed E-state index contributed by atoms with van der Waals surface area (Å²) in [4.78, 5) is 41.7.